The van der Waals surface area contributed by atoms with E-state index < -0.39 is 5.97 Å². The molecule has 0 aliphatic heterocycles. The largest absolute Gasteiger partial charge is 0.481 e. The van der Waals surface area contributed by atoms with Crippen molar-refractivity contribution in [3.8, 4) is 11.3 Å². The first-order valence-corrected chi connectivity index (χ1v) is 14.1. The van der Waals surface area contributed by atoms with Crippen molar-refractivity contribution in [2.24, 2.45) is 11.8 Å². The molecule has 0 spiro atoms. The number of aliphatic carboxylic acids is 1. The van der Waals surface area contributed by atoms with E-state index in [-0.39, 0.29) is 18.9 Å². The van der Waals surface area contributed by atoms with Gasteiger partial charge in [0, 0.05) is 40.2 Å². The number of thiazole rings is 1. The second-order valence-corrected chi connectivity index (χ2v) is 11.9. The molecule has 2 aliphatic rings. The number of amides is 1. The number of aryl methyl sites for hydroxylation is 2. The summed E-state index contributed by atoms with van der Waals surface area (Å²) in [5.41, 5.74) is 4.74. The molecule has 2 saturated carbocycles. The van der Waals surface area contributed by atoms with Gasteiger partial charge in [0.05, 0.1) is 12.1 Å². The molecule has 2 bridgehead atoms. The molecular formula is C29H32ClN3O3S. The molecule has 3 aromatic rings. The summed E-state index contributed by atoms with van der Waals surface area (Å²) in [6.07, 6.45) is 5.05. The van der Waals surface area contributed by atoms with Crippen LogP contribution in [0, 0.1) is 25.7 Å². The predicted molar refractivity (Wildman–Crippen MR) is 148 cm³/mol. The van der Waals surface area contributed by atoms with Gasteiger partial charge in [-0.3, -0.25) is 9.59 Å². The smallest absolute Gasteiger partial charge is 0.305 e. The third-order valence-electron chi connectivity index (χ3n) is 7.77. The summed E-state index contributed by atoms with van der Waals surface area (Å²) in [7, 11) is 0. The lowest BCUT2D eigenvalue weighted by molar-refractivity contribution is -0.136. The second kappa shape index (κ2) is 10.8. The molecule has 0 radical (unpaired) electrons. The van der Waals surface area contributed by atoms with Gasteiger partial charge < -0.3 is 15.3 Å². The Morgan fingerprint density at radius 2 is 1.92 bits per heavy atom. The van der Waals surface area contributed by atoms with Crippen LogP contribution in [0.4, 0.5) is 5.13 Å². The first-order chi connectivity index (χ1) is 17.8. The molecule has 5 rings (SSSR count). The number of fused-ring (bicyclic) bond motifs is 2. The molecule has 2 N–H and O–H groups in total. The lowest BCUT2D eigenvalue weighted by atomic mass is 9.94. The topological polar surface area (TPSA) is 82.5 Å². The summed E-state index contributed by atoms with van der Waals surface area (Å²) in [5, 5.41) is 13.2. The van der Waals surface area contributed by atoms with E-state index in [4.69, 9.17) is 21.7 Å². The van der Waals surface area contributed by atoms with Gasteiger partial charge >= 0.3 is 5.97 Å². The van der Waals surface area contributed by atoms with Gasteiger partial charge in [-0.15, -0.1) is 11.3 Å². The Labute approximate surface area is 226 Å². The second-order valence-electron chi connectivity index (χ2n) is 10.3. The number of carboxylic acids is 1. The van der Waals surface area contributed by atoms with E-state index in [1.54, 1.807) is 11.3 Å². The van der Waals surface area contributed by atoms with Gasteiger partial charge in [0.2, 0.25) is 0 Å². The van der Waals surface area contributed by atoms with Crippen molar-refractivity contribution in [2.75, 3.05) is 11.4 Å². The summed E-state index contributed by atoms with van der Waals surface area (Å²) in [5.74, 6) is 0.327. The molecule has 37 heavy (non-hydrogen) atoms. The summed E-state index contributed by atoms with van der Waals surface area (Å²) in [6.45, 7) is 4.98. The van der Waals surface area contributed by atoms with Crippen LogP contribution in [-0.2, 0) is 11.3 Å². The van der Waals surface area contributed by atoms with Crippen LogP contribution in [0.25, 0.3) is 11.3 Å². The number of carbonyl (C=O) groups excluding carboxylic acids is 1. The highest BCUT2D eigenvalue weighted by Gasteiger charge is 2.43. The van der Waals surface area contributed by atoms with Gasteiger partial charge in [-0.25, -0.2) is 4.98 Å². The lowest BCUT2D eigenvalue weighted by Crippen LogP contribution is -2.38. The zero-order valence-electron chi connectivity index (χ0n) is 21.2. The van der Waals surface area contributed by atoms with Gasteiger partial charge in [0.25, 0.3) is 5.91 Å². The maximum Gasteiger partial charge on any atom is 0.305 e. The molecule has 6 nitrogen and oxygen atoms in total. The van der Waals surface area contributed by atoms with Crippen LogP contribution in [0.15, 0.2) is 42.5 Å². The Morgan fingerprint density at radius 3 is 2.57 bits per heavy atom. The number of anilines is 1. The minimum Gasteiger partial charge on any atom is -0.481 e. The number of hydrogen-bond donors (Lipinski definition) is 2. The van der Waals surface area contributed by atoms with E-state index in [0.717, 1.165) is 45.0 Å². The number of benzene rings is 2. The lowest BCUT2D eigenvalue weighted by Gasteiger charge is -2.34. The van der Waals surface area contributed by atoms with Gasteiger partial charge in [-0.05, 0) is 74.3 Å². The fourth-order valence-electron chi connectivity index (χ4n) is 5.78. The van der Waals surface area contributed by atoms with Crippen LogP contribution in [0.5, 0.6) is 0 Å². The Balaban J connectivity index is 1.38. The van der Waals surface area contributed by atoms with E-state index in [1.807, 2.05) is 43.3 Å². The molecule has 2 aliphatic carbocycles. The maximum atomic E-state index is 12.4. The number of carbonyl (C=O) groups is 2. The monoisotopic (exact) mass is 537 g/mol. The molecule has 2 aromatic carbocycles. The summed E-state index contributed by atoms with van der Waals surface area (Å²) in [6, 6.07) is 14.2. The molecule has 1 amide bonds. The number of nitrogens with zero attached hydrogens (tertiary/aromatic N) is 2. The third-order valence-corrected chi connectivity index (χ3v) is 9.19. The van der Waals surface area contributed by atoms with Crippen molar-refractivity contribution in [3.63, 3.8) is 0 Å². The number of rotatable bonds is 9. The zero-order chi connectivity index (χ0) is 26.1. The Morgan fingerprint density at radius 1 is 1.14 bits per heavy atom. The SMILES string of the molecule is Cc1ccc(-c2nc(N(Cc3ccc(C(=O)NCCC(=O)O)cc3)C3CC4CCC3C4)sc2C)cc1Cl. The van der Waals surface area contributed by atoms with E-state index in [9.17, 15) is 9.59 Å². The van der Waals surface area contributed by atoms with Gasteiger partial charge in [-0.1, -0.05) is 42.3 Å². The molecule has 2 fully saturated rings. The predicted octanol–water partition coefficient (Wildman–Crippen LogP) is 6.48. The molecule has 1 aromatic heterocycles. The van der Waals surface area contributed by atoms with Crippen LogP contribution < -0.4 is 10.2 Å². The Kier molecular flexibility index (Phi) is 7.54. The van der Waals surface area contributed by atoms with E-state index in [2.05, 4.69) is 23.2 Å². The highest BCUT2D eigenvalue weighted by molar-refractivity contribution is 7.16. The van der Waals surface area contributed by atoms with E-state index >= 15 is 0 Å². The van der Waals surface area contributed by atoms with Gasteiger partial charge in [0.1, 0.15) is 0 Å². The first-order valence-electron chi connectivity index (χ1n) is 12.9. The van der Waals surface area contributed by atoms with Crippen LogP contribution in [0.2, 0.25) is 5.02 Å². The van der Waals surface area contributed by atoms with Crippen molar-refractivity contribution in [1.82, 2.24) is 10.3 Å². The fraction of sp³-hybridized carbons (Fsp3) is 0.414. The van der Waals surface area contributed by atoms with Crippen LogP contribution in [0.3, 0.4) is 0 Å². The zero-order valence-corrected chi connectivity index (χ0v) is 22.7. The quantitative estimate of drug-likeness (QED) is 0.326. The molecule has 3 unspecified atom stereocenters. The van der Waals surface area contributed by atoms with Crippen molar-refractivity contribution in [2.45, 2.75) is 58.5 Å². The number of aromatic nitrogens is 1. The number of halogens is 1. The van der Waals surface area contributed by atoms with Crippen LogP contribution in [-0.4, -0.2) is 34.6 Å². The highest BCUT2D eigenvalue weighted by Crippen LogP contribution is 2.49. The van der Waals surface area contributed by atoms with Crippen LogP contribution in [0.1, 0.15) is 58.5 Å². The van der Waals surface area contributed by atoms with E-state index in [1.165, 1.54) is 30.6 Å². The Bertz CT molecular complexity index is 1310. The van der Waals surface area contributed by atoms with Crippen LogP contribution >= 0.6 is 22.9 Å². The summed E-state index contributed by atoms with van der Waals surface area (Å²) in [4.78, 5) is 31.9. The number of carboxylic acid groups (broad SMARTS) is 1. The average Bonchev–Trinajstić information content (AvgIpc) is 3.60. The van der Waals surface area contributed by atoms with Gasteiger partial charge in [0.15, 0.2) is 5.13 Å². The van der Waals surface area contributed by atoms with Crippen molar-refractivity contribution in [3.05, 3.63) is 69.1 Å². The standard InChI is InChI=1S/C29H32ClN3O3S/c1-17-3-7-23(15-24(17)30)27-18(2)37-29(32-27)33(25-14-20-6-10-22(25)13-20)16-19-4-8-21(9-5-19)28(36)31-12-11-26(34)35/h3-5,7-9,15,20,22,25H,6,10-14,16H2,1-2H3,(H,31,36)(H,34,35). The first kappa shape index (κ1) is 25.7. The van der Waals surface area contributed by atoms with Crippen molar-refractivity contribution < 1.29 is 14.7 Å². The normalized spacial score (nSPS) is 20.2. The molecule has 194 valence electrons. The molecular weight excluding hydrogens is 506 g/mol. The highest BCUT2D eigenvalue weighted by atomic mass is 35.5. The molecule has 3 atom stereocenters. The third kappa shape index (κ3) is 5.68. The van der Waals surface area contributed by atoms with Crippen molar-refractivity contribution in [1.29, 1.82) is 0 Å². The van der Waals surface area contributed by atoms with Gasteiger partial charge in [-0.2, -0.15) is 0 Å². The number of hydrogen-bond acceptors (Lipinski definition) is 5. The van der Waals surface area contributed by atoms with E-state index in [0.29, 0.717) is 17.5 Å². The summed E-state index contributed by atoms with van der Waals surface area (Å²) < 4.78 is 0. The Hall–Kier alpha value is -2.90. The minimum absolute atomic E-state index is 0.0909. The average molecular weight is 538 g/mol. The minimum atomic E-state index is -0.928. The maximum absolute atomic E-state index is 12.4. The molecule has 0 saturated heterocycles. The fourth-order valence-corrected chi connectivity index (χ4v) is 6.94. The molecule has 8 heteroatoms. The molecule has 1 heterocycles. The number of nitrogens with one attached hydrogen (secondary N) is 1. The van der Waals surface area contributed by atoms with Crippen molar-refractivity contribution >= 4 is 39.9 Å². The summed E-state index contributed by atoms with van der Waals surface area (Å²) >= 11 is 8.17.